The monoisotopic (exact) mass is 416 g/mol. The molecule has 0 bridgehead atoms. The van der Waals surface area contributed by atoms with Gasteiger partial charge < -0.3 is 4.42 Å². The predicted octanol–water partition coefficient (Wildman–Crippen LogP) is 6.98. The summed E-state index contributed by atoms with van der Waals surface area (Å²) in [6.45, 7) is 2.06. The van der Waals surface area contributed by atoms with E-state index in [2.05, 4.69) is 51.0 Å². The SMILES string of the molecule is Cc1cccc(-c2nc3cc(N=C/C=C/c4cccc(Br)c4)ccc3o2)c1. The molecule has 0 aliphatic rings. The van der Waals surface area contributed by atoms with Crippen LogP contribution in [0.5, 0.6) is 0 Å². The summed E-state index contributed by atoms with van der Waals surface area (Å²) in [7, 11) is 0. The molecule has 3 aromatic carbocycles. The fraction of sp³-hybridized carbons (Fsp3) is 0.0435. The van der Waals surface area contributed by atoms with Crippen molar-refractivity contribution >= 4 is 45.0 Å². The third kappa shape index (κ3) is 4.23. The van der Waals surface area contributed by atoms with Crippen molar-refractivity contribution in [3.63, 3.8) is 0 Å². The number of halogens is 1. The number of oxazole rings is 1. The summed E-state index contributed by atoms with van der Waals surface area (Å²) >= 11 is 3.47. The third-order valence-corrected chi connectivity index (χ3v) is 4.58. The summed E-state index contributed by atoms with van der Waals surface area (Å²) in [4.78, 5) is 9.09. The number of nitrogens with zero attached hydrogens (tertiary/aromatic N) is 2. The van der Waals surface area contributed by atoms with Gasteiger partial charge in [-0.3, -0.25) is 4.99 Å². The van der Waals surface area contributed by atoms with E-state index in [1.54, 1.807) is 6.21 Å². The Morgan fingerprint density at radius 3 is 2.74 bits per heavy atom. The first kappa shape index (κ1) is 17.4. The van der Waals surface area contributed by atoms with Crippen LogP contribution in [0.4, 0.5) is 5.69 Å². The standard InChI is InChI=1S/C23H17BrN2O/c1-16-5-2-8-18(13-16)23-26-21-15-20(10-11-22(21)27-23)25-12-4-7-17-6-3-9-19(24)14-17/h2-15H,1H3/b7-4+,25-12?. The molecule has 0 saturated heterocycles. The molecular formula is C23H17BrN2O. The van der Waals surface area contributed by atoms with Crippen LogP contribution in [0.1, 0.15) is 11.1 Å². The van der Waals surface area contributed by atoms with E-state index < -0.39 is 0 Å². The molecule has 0 fully saturated rings. The smallest absolute Gasteiger partial charge is 0.227 e. The Balaban J connectivity index is 1.54. The molecule has 0 radical (unpaired) electrons. The molecule has 0 aliphatic carbocycles. The maximum atomic E-state index is 5.88. The Hall–Kier alpha value is -2.98. The lowest BCUT2D eigenvalue weighted by atomic mass is 10.1. The number of hydrogen-bond acceptors (Lipinski definition) is 3. The van der Waals surface area contributed by atoms with Crippen molar-refractivity contribution in [2.24, 2.45) is 4.99 Å². The summed E-state index contributed by atoms with van der Waals surface area (Å²) in [5.74, 6) is 0.629. The number of allylic oxidation sites excluding steroid dienone is 1. The van der Waals surface area contributed by atoms with Gasteiger partial charge in [-0.2, -0.15) is 0 Å². The van der Waals surface area contributed by atoms with E-state index in [0.717, 1.165) is 32.4 Å². The zero-order valence-electron chi connectivity index (χ0n) is 14.8. The van der Waals surface area contributed by atoms with Crippen molar-refractivity contribution in [3.05, 3.63) is 88.4 Å². The zero-order valence-corrected chi connectivity index (χ0v) is 16.3. The lowest BCUT2D eigenvalue weighted by Gasteiger charge is -1.95. The molecule has 132 valence electrons. The van der Waals surface area contributed by atoms with Gasteiger partial charge in [0.15, 0.2) is 5.58 Å². The van der Waals surface area contributed by atoms with E-state index >= 15 is 0 Å². The normalized spacial score (nSPS) is 11.8. The van der Waals surface area contributed by atoms with Crippen LogP contribution in [-0.2, 0) is 0 Å². The molecule has 0 atom stereocenters. The van der Waals surface area contributed by atoms with E-state index in [-0.39, 0.29) is 0 Å². The Labute approximate surface area is 166 Å². The second-order valence-electron chi connectivity index (χ2n) is 6.23. The van der Waals surface area contributed by atoms with Gasteiger partial charge in [0.25, 0.3) is 0 Å². The quantitative estimate of drug-likeness (QED) is 0.336. The van der Waals surface area contributed by atoms with Gasteiger partial charge in [0.2, 0.25) is 5.89 Å². The molecule has 0 aliphatic heterocycles. The van der Waals surface area contributed by atoms with Crippen LogP contribution in [0.15, 0.2) is 86.7 Å². The van der Waals surface area contributed by atoms with Gasteiger partial charge in [-0.1, -0.05) is 51.8 Å². The summed E-state index contributed by atoms with van der Waals surface area (Å²) < 4.78 is 6.94. The van der Waals surface area contributed by atoms with Crippen LogP contribution in [0.2, 0.25) is 0 Å². The predicted molar refractivity (Wildman–Crippen MR) is 116 cm³/mol. The van der Waals surface area contributed by atoms with Crippen LogP contribution in [0.25, 0.3) is 28.6 Å². The third-order valence-electron chi connectivity index (χ3n) is 4.08. The van der Waals surface area contributed by atoms with Gasteiger partial charge in [0.05, 0.1) is 5.69 Å². The number of aliphatic imine (C=N–C) groups is 1. The maximum Gasteiger partial charge on any atom is 0.227 e. The molecule has 0 spiro atoms. The molecule has 0 N–H and O–H groups in total. The molecule has 0 saturated carbocycles. The summed E-state index contributed by atoms with van der Waals surface area (Å²) in [5.41, 5.74) is 5.67. The van der Waals surface area contributed by atoms with Gasteiger partial charge >= 0.3 is 0 Å². The topological polar surface area (TPSA) is 38.4 Å². The van der Waals surface area contributed by atoms with Gasteiger partial charge in [-0.15, -0.1) is 0 Å². The molecule has 0 amide bonds. The molecule has 3 nitrogen and oxygen atoms in total. The molecule has 0 unspecified atom stereocenters. The van der Waals surface area contributed by atoms with Gasteiger partial charge in [0.1, 0.15) is 5.52 Å². The summed E-state index contributed by atoms with van der Waals surface area (Å²) in [5, 5.41) is 0. The van der Waals surface area contributed by atoms with Crippen LogP contribution in [0.3, 0.4) is 0 Å². The highest BCUT2D eigenvalue weighted by Crippen LogP contribution is 2.27. The fourth-order valence-corrected chi connectivity index (χ4v) is 3.21. The molecule has 1 heterocycles. The number of aryl methyl sites for hydroxylation is 1. The first-order chi connectivity index (χ1) is 13.2. The Morgan fingerprint density at radius 1 is 1.00 bits per heavy atom. The van der Waals surface area contributed by atoms with Crippen molar-refractivity contribution in [1.29, 1.82) is 0 Å². The lowest BCUT2D eigenvalue weighted by Crippen LogP contribution is -1.78. The first-order valence-electron chi connectivity index (χ1n) is 8.61. The van der Waals surface area contributed by atoms with Crippen molar-refractivity contribution in [3.8, 4) is 11.5 Å². The van der Waals surface area contributed by atoms with Crippen LogP contribution >= 0.6 is 15.9 Å². The van der Waals surface area contributed by atoms with E-state index in [1.807, 2.05) is 60.7 Å². The zero-order chi connectivity index (χ0) is 18.6. The van der Waals surface area contributed by atoms with E-state index in [4.69, 9.17) is 4.42 Å². The molecule has 4 aromatic rings. The highest BCUT2D eigenvalue weighted by atomic mass is 79.9. The van der Waals surface area contributed by atoms with Crippen LogP contribution in [-0.4, -0.2) is 11.2 Å². The van der Waals surface area contributed by atoms with Crippen LogP contribution < -0.4 is 0 Å². The number of hydrogen-bond donors (Lipinski definition) is 0. The van der Waals surface area contributed by atoms with Gasteiger partial charge in [0, 0.05) is 16.3 Å². The Bertz CT molecular complexity index is 1160. The van der Waals surface area contributed by atoms with Crippen molar-refractivity contribution in [2.75, 3.05) is 0 Å². The van der Waals surface area contributed by atoms with Gasteiger partial charge in [-0.25, -0.2) is 4.98 Å². The minimum atomic E-state index is 0.629. The van der Waals surface area contributed by atoms with Crippen molar-refractivity contribution < 1.29 is 4.42 Å². The lowest BCUT2D eigenvalue weighted by molar-refractivity contribution is 0.620. The number of rotatable bonds is 4. The first-order valence-corrected chi connectivity index (χ1v) is 9.41. The summed E-state index contributed by atoms with van der Waals surface area (Å²) in [6, 6.07) is 22.0. The Morgan fingerprint density at radius 2 is 1.89 bits per heavy atom. The average molecular weight is 417 g/mol. The second kappa shape index (κ2) is 7.72. The molecule has 4 rings (SSSR count). The highest BCUT2D eigenvalue weighted by Gasteiger charge is 2.08. The molecule has 1 aromatic heterocycles. The van der Waals surface area contributed by atoms with Crippen LogP contribution in [0, 0.1) is 6.92 Å². The molecule has 4 heteroatoms. The second-order valence-corrected chi connectivity index (χ2v) is 7.15. The van der Waals surface area contributed by atoms with E-state index in [0.29, 0.717) is 5.89 Å². The van der Waals surface area contributed by atoms with Crippen molar-refractivity contribution in [2.45, 2.75) is 6.92 Å². The number of fused-ring (bicyclic) bond motifs is 1. The highest BCUT2D eigenvalue weighted by molar-refractivity contribution is 9.10. The summed E-state index contributed by atoms with van der Waals surface area (Å²) in [6.07, 6.45) is 5.72. The maximum absolute atomic E-state index is 5.88. The van der Waals surface area contributed by atoms with Crippen molar-refractivity contribution in [1.82, 2.24) is 4.98 Å². The molecule has 27 heavy (non-hydrogen) atoms. The molecular weight excluding hydrogens is 400 g/mol. The van der Waals surface area contributed by atoms with E-state index in [1.165, 1.54) is 5.56 Å². The fourth-order valence-electron chi connectivity index (χ4n) is 2.79. The van der Waals surface area contributed by atoms with Gasteiger partial charge in [-0.05, 0) is 61.0 Å². The van der Waals surface area contributed by atoms with E-state index in [9.17, 15) is 0 Å². The number of benzene rings is 3. The average Bonchev–Trinajstić information content (AvgIpc) is 3.09. The minimum absolute atomic E-state index is 0.629. The Kier molecular flexibility index (Phi) is 4.99. The minimum Gasteiger partial charge on any atom is -0.436 e. The number of aromatic nitrogens is 1. The largest absolute Gasteiger partial charge is 0.436 e.